The van der Waals surface area contributed by atoms with Gasteiger partial charge >= 0.3 is 0 Å². The van der Waals surface area contributed by atoms with Gasteiger partial charge in [0.25, 0.3) is 0 Å². The highest BCUT2D eigenvalue weighted by Gasteiger charge is 2.49. The van der Waals surface area contributed by atoms with Crippen LogP contribution in [0.4, 0.5) is 0 Å². The highest BCUT2D eigenvalue weighted by atomic mass is 16.3. The highest BCUT2D eigenvalue weighted by molar-refractivity contribution is 5.00. The molecule has 1 rings (SSSR count). The summed E-state index contributed by atoms with van der Waals surface area (Å²) in [6.07, 6.45) is 4.96. The molecule has 72 valence electrons. The second-order valence-corrected chi connectivity index (χ2v) is 4.41. The van der Waals surface area contributed by atoms with Crippen LogP contribution < -0.4 is 5.73 Å². The first-order chi connectivity index (χ1) is 5.64. The lowest BCUT2D eigenvalue weighted by Crippen LogP contribution is -2.51. The summed E-state index contributed by atoms with van der Waals surface area (Å²) in [6, 6.07) is 0. The van der Waals surface area contributed by atoms with Gasteiger partial charge in [0.2, 0.25) is 0 Å². The molecule has 1 aliphatic rings. The standard InChI is InChI=1S/C10H21NO/c1-3-10(5-4-6-10)9(2,7-11)8-12/h12H,3-8,11H2,1-2H3. The van der Waals surface area contributed by atoms with Gasteiger partial charge in [-0.15, -0.1) is 0 Å². The van der Waals surface area contributed by atoms with Gasteiger partial charge in [0.1, 0.15) is 0 Å². The van der Waals surface area contributed by atoms with Crippen LogP contribution in [0.15, 0.2) is 0 Å². The van der Waals surface area contributed by atoms with Crippen molar-refractivity contribution in [1.29, 1.82) is 0 Å². The summed E-state index contributed by atoms with van der Waals surface area (Å²) in [4.78, 5) is 0. The van der Waals surface area contributed by atoms with Crippen molar-refractivity contribution in [3.05, 3.63) is 0 Å². The molecule has 2 nitrogen and oxygen atoms in total. The molecule has 0 aliphatic heterocycles. The number of rotatable bonds is 4. The molecular formula is C10H21NO. The van der Waals surface area contributed by atoms with Crippen LogP contribution in [0.3, 0.4) is 0 Å². The largest absolute Gasteiger partial charge is 0.396 e. The van der Waals surface area contributed by atoms with Gasteiger partial charge in [-0.2, -0.15) is 0 Å². The Morgan fingerprint density at radius 2 is 2.08 bits per heavy atom. The van der Waals surface area contributed by atoms with Crippen molar-refractivity contribution >= 4 is 0 Å². The zero-order valence-electron chi connectivity index (χ0n) is 8.27. The van der Waals surface area contributed by atoms with E-state index >= 15 is 0 Å². The van der Waals surface area contributed by atoms with E-state index in [9.17, 15) is 5.11 Å². The summed E-state index contributed by atoms with van der Waals surface area (Å²) in [7, 11) is 0. The number of hydrogen-bond donors (Lipinski definition) is 2. The maximum atomic E-state index is 9.34. The van der Waals surface area contributed by atoms with Crippen molar-refractivity contribution in [2.24, 2.45) is 16.6 Å². The summed E-state index contributed by atoms with van der Waals surface area (Å²) in [5, 5.41) is 9.34. The van der Waals surface area contributed by atoms with Crippen molar-refractivity contribution in [1.82, 2.24) is 0 Å². The van der Waals surface area contributed by atoms with Crippen LogP contribution in [-0.4, -0.2) is 18.3 Å². The molecule has 0 aromatic rings. The van der Waals surface area contributed by atoms with Gasteiger partial charge in [-0.05, 0) is 24.7 Å². The monoisotopic (exact) mass is 171 g/mol. The number of hydrogen-bond acceptors (Lipinski definition) is 2. The first-order valence-electron chi connectivity index (χ1n) is 4.95. The van der Waals surface area contributed by atoms with E-state index in [1.54, 1.807) is 0 Å². The predicted octanol–water partition coefficient (Wildman–Crippen LogP) is 1.52. The van der Waals surface area contributed by atoms with E-state index < -0.39 is 0 Å². The quantitative estimate of drug-likeness (QED) is 0.673. The van der Waals surface area contributed by atoms with Crippen LogP contribution in [0.25, 0.3) is 0 Å². The lowest BCUT2D eigenvalue weighted by atomic mass is 9.52. The number of aliphatic hydroxyl groups excluding tert-OH is 1. The molecule has 0 amide bonds. The maximum Gasteiger partial charge on any atom is 0.0502 e. The minimum atomic E-state index is -0.0417. The average molecular weight is 171 g/mol. The fourth-order valence-corrected chi connectivity index (χ4v) is 2.44. The molecule has 0 spiro atoms. The van der Waals surface area contributed by atoms with Crippen LogP contribution in [0, 0.1) is 10.8 Å². The summed E-state index contributed by atoms with van der Waals surface area (Å²) in [5.74, 6) is 0. The van der Waals surface area contributed by atoms with Gasteiger partial charge in [-0.25, -0.2) is 0 Å². The smallest absolute Gasteiger partial charge is 0.0502 e. The minimum absolute atomic E-state index is 0.0417. The Kier molecular flexibility index (Phi) is 2.79. The summed E-state index contributed by atoms with van der Waals surface area (Å²) >= 11 is 0. The first kappa shape index (κ1) is 10.0. The summed E-state index contributed by atoms with van der Waals surface area (Å²) in [6.45, 7) is 5.17. The predicted molar refractivity (Wildman–Crippen MR) is 50.8 cm³/mol. The van der Waals surface area contributed by atoms with Gasteiger partial charge in [-0.3, -0.25) is 0 Å². The Labute approximate surface area is 75.2 Å². The molecule has 0 saturated heterocycles. The lowest BCUT2D eigenvalue weighted by Gasteiger charge is -2.53. The van der Waals surface area contributed by atoms with E-state index in [1.807, 2.05) is 0 Å². The van der Waals surface area contributed by atoms with Crippen molar-refractivity contribution < 1.29 is 5.11 Å². The molecule has 0 aromatic carbocycles. The maximum absolute atomic E-state index is 9.34. The third-order valence-electron chi connectivity index (χ3n) is 4.07. The normalized spacial score (nSPS) is 26.0. The number of nitrogens with two attached hydrogens (primary N) is 1. The first-order valence-corrected chi connectivity index (χ1v) is 4.95. The second kappa shape index (κ2) is 3.35. The molecule has 0 aromatic heterocycles. The van der Waals surface area contributed by atoms with E-state index in [4.69, 9.17) is 5.73 Å². The fourth-order valence-electron chi connectivity index (χ4n) is 2.44. The summed E-state index contributed by atoms with van der Waals surface area (Å²) < 4.78 is 0. The third-order valence-corrected chi connectivity index (χ3v) is 4.07. The molecule has 1 aliphatic carbocycles. The summed E-state index contributed by atoms with van der Waals surface area (Å²) in [5.41, 5.74) is 6.03. The molecule has 1 fully saturated rings. The molecule has 1 atom stereocenters. The third kappa shape index (κ3) is 1.17. The van der Waals surface area contributed by atoms with Crippen LogP contribution in [0.2, 0.25) is 0 Å². The molecule has 1 unspecified atom stereocenters. The van der Waals surface area contributed by atoms with Crippen molar-refractivity contribution in [3.8, 4) is 0 Å². The minimum Gasteiger partial charge on any atom is -0.396 e. The second-order valence-electron chi connectivity index (χ2n) is 4.41. The molecule has 2 heteroatoms. The van der Waals surface area contributed by atoms with Gasteiger partial charge in [-0.1, -0.05) is 20.3 Å². The van der Waals surface area contributed by atoms with Crippen molar-refractivity contribution in [3.63, 3.8) is 0 Å². The van der Waals surface area contributed by atoms with E-state index in [-0.39, 0.29) is 12.0 Å². The lowest BCUT2D eigenvalue weighted by molar-refractivity contribution is -0.0606. The topological polar surface area (TPSA) is 46.2 Å². The number of aliphatic hydroxyl groups is 1. The molecule has 0 radical (unpaired) electrons. The van der Waals surface area contributed by atoms with Crippen LogP contribution in [-0.2, 0) is 0 Å². The molecule has 12 heavy (non-hydrogen) atoms. The molecule has 0 bridgehead atoms. The fraction of sp³-hybridized carbons (Fsp3) is 1.00. The SMILES string of the molecule is CCC1(C(C)(CN)CO)CCC1. The Morgan fingerprint density at radius 1 is 1.50 bits per heavy atom. The molecular weight excluding hydrogens is 150 g/mol. The average Bonchev–Trinajstić information content (AvgIpc) is 2.03. The van der Waals surface area contributed by atoms with E-state index in [0.29, 0.717) is 12.0 Å². The van der Waals surface area contributed by atoms with Gasteiger partial charge < -0.3 is 10.8 Å². The molecule has 3 N–H and O–H groups in total. The van der Waals surface area contributed by atoms with Crippen LogP contribution >= 0.6 is 0 Å². The van der Waals surface area contributed by atoms with Gasteiger partial charge in [0.05, 0.1) is 6.61 Å². The Bertz CT molecular complexity index is 132. The Hall–Kier alpha value is -0.0800. The van der Waals surface area contributed by atoms with Crippen LogP contribution in [0.1, 0.15) is 39.5 Å². The molecule has 1 saturated carbocycles. The van der Waals surface area contributed by atoms with E-state index in [0.717, 1.165) is 6.42 Å². The van der Waals surface area contributed by atoms with Crippen molar-refractivity contribution in [2.75, 3.05) is 13.2 Å². The van der Waals surface area contributed by atoms with Crippen LogP contribution in [0.5, 0.6) is 0 Å². The van der Waals surface area contributed by atoms with Crippen molar-refractivity contribution in [2.45, 2.75) is 39.5 Å². The zero-order chi connectivity index (χ0) is 9.24. The van der Waals surface area contributed by atoms with E-state index in [1.165, 1.54) is 19.3 Å². The Balaban J connectivity index is 2.74. The Morgan fingerprint density at radius 3 is 2.17 bits per heavy atom. The van der Waals surface area contributed by atoms with Gasteiger partial charge in [0, 0.05) is 12.0 Å². The van der Waals surface area contributed by atoms with E-state index in [2.05, 4.69) is 13.8 Å². The van der Waals surface area contributed by atoms with Gasteiger partial charge in [0.15, 0.2) is 0 Å². The zero-order valence-corrected chi connectivity index (χ0v) is 8.27. The molecule has 0 heterocycles. The highest BCUT2D eigenvalue weighted by Crippen LogP contribution is 2.55.